The molecule has 1 N–H and O–H groups in total. The highest BCUT2D eigenvalue weighted by Crippen LogP contribution is 2.23. The molecule has 6 nitrogen and oxygen atoms in total. The van der Waals surface area contributed by atoms with E-state index in [1.54, 1.807) is 13.8 Å². The quantitative estimate of drug-likeness (QED) is 0.766. The molecule has 1 aliphatic rings. The number of nitrogens with zero attached hydrogens (tertiary/aromatic N) is 1. The number of nitrogens with one attached hydrogen (secondary N) is 1. The normalized spacial score (nSPS) is 18.7. The summed E-state index contributed by atoms with van der Waals surface area (Å²) in [4.78, 5) is 36.3. The fraction of sp³-hybridized carbons (Fsp3) is 0.364. The summed E-state index contributed by atoms with van der Waals surface area (Å²) < 4.78 is 4.99. The SMILES string of the molecule is CC1(C)C(=O)NC(=O)CN1C(=O)c1ccc(Cl)o1. The van der Waals surface area contributed by atoms with E-state index in [1.807, 2.05) is 0 Å². The van der Waals surface area contributed by atoms with Crippen molar-refractivity contribution in [1.82, 2.24) is 10.2 Å². The van der Waals surface area contributed by atoms with Gasteiger partial charge in [-0.15, -0.1) is 0 Å². The monoisotopic (exact) mass is 270 g/mol. The van der Waals surface area contributed by atoms with Crippen molar-refractivity contribution in [3.05, 3.63) is 23.1 Å². The molecule has 18 heavy (non-hydrogen) atoms. The van der Waals surface area contributed by atoms with E-state index in [-0.39, 0.29) is 17.5 Å². The molecule has 0 aromatic carbocycles. The predicted octanol–water partition coefficient (Wildman–Crippen LogP) is 0.810. The van der Waals surface area contributed by atoms with E-state index in [0.717, 1.165) is 4.90 Å². The van der Waals surface area contributed by atoms with Gasteiger partial charge in [0, 0.05) is 0 Å². The van der Waals surface area contributed by atoms with Crippen LogP contribution in [0.15, 0.2) is 16.5 Å². The first-order valence-electron chi connectivity index (χ1n) is 5.24. The number of furan rings is 1. The second kappa shape index (κ2) is 4.13. The summed E-state index contributed by atoms with van der Waals surface area (Å²) in [5.41, 5.74) is -1.12. The van der Waals surface area contributed by atoms with Crippen molar-refractivity contribution in [2.45, 2.75) is 19.4 Å². The second-order valence-electron chi connectivity index (χ2n) is 4.43. The smallest absolute Gasteiger partial charge is 0.290 e. The maximum atomic E-state index is 12.2. The van der Waals surface area contributed by atoms with Crippen LogP contribution >= 0.6 is 11.6 Å². The van der Waals surface area contributed by atoms with Crippen LogP contribution in [0.25, 0.3) is 0 Å². The van der Waals surface area contributed by atoms with E-state index in [4.69, 9.17) is 16.0 Å². The molecule has 0 radical (unpaired) electrons. The van der Waals surface area contributed by atoms with E-state index in [9.17, 15) is 14.4 Å². The highest BCUT2D eigenvalue weighted by atomic mass is 35.5. The lowest BCUT2D eigenvalue weighted by molar-refractivity contribution is -0.143. The van der Waals surface area contributed by atoms with Crippen molar-refractivity contribution in [2.75, 3.05) is 6.54 Å². The summed E-state index contributed by atoms with van der Waals surface area (Å²) in [5, 5.41) is 2.26. The van der Waals surface area contributed by atoms with Crippen molar-refractivity contribution < 1.29 is 18.8 Å². The number of amides is 3. The minimum absolute atomic E-state index is 0.00410. The summed E-state index contributed by atoms with van der Waals surface area (Å²) in [7, 11) is 0. The zero-order valence-electron chi connectivity index (χ0n) is 9.82. The van der Waals surface area contributed by atoms with Crippen molar-refractivity contribution in [3.63, 3.8) is 0 Å². The maximum Gasteiger partial charge on any atom is 0.290 e. The fourth-order valence-corrected chi connectivity index (χ4v) is 1.82. The number of carbonyl (C=O) groups excluding carboxylic acids is 3. The van der Waals surface area contributed by atoms with Gasteiger partial charge in [0.05, 0.1) is 0 Å². The van der Waals surface area contributed by atoms with Crippen LogP contribution in [-0.2, 0) is 9.59 Å². The van der Waals surface area contributed by atoms with Crippen LogP contribution in [0.1, 0.15) is 24.4 Å². The van der Waals surface area contributed by atoms with Gasteiger partial charge in [-0.25, -0.2) is 0 Å². The zero-order valence-corrected chi connectivity index (χ0v) is 10.6. The first-order valence-corrected chi connectivity index (χ1v) is 5.62. The third kappa shape index (κ3) is 1.99. The predicted molar refractivity (Wildman–Crippen MR) is 62.0 cm³/mol. The lowest BCUT2D eigenvalue weighted by Crippen LogP contribution is -2.65. The molecule has 1 fully saturated rings. The van der Waals surface area contributed by atoms with E-state index in [1.165, 1.54) is 12.1 Å². The van der Waals surface area contributed by atoms with Crippen LogP contribution in [-0.4, -0.2) is 34.7 Å². The van der Waals surface area contributed by atoms with Gasteiger partial charge in [0.25, 0.3) is 11.8 Å². The van der Waals surface area contributed by atoms with E-state index >= 15 is 0 Å². The average Bonchev–Trinajstić information content (AvgIpc) is 2.70. The molecule has 0 atom stereocenters. The van der Waals surface area contributed by atoms with Gasteiger partial charge in [-0.05, 0) is 37.6 Å². The summed E-state index contributed by atoms with van der Waals surface area (Å²) >= 11 is 5.59. The van der Waals surface area contributed by atoms with Gasteiger partial charge in [0.1, 0.15) is 12.1 Å². The zero-order chi connectivity index (χ0) is 13.5. The topological polar surface area (TPSA) is 79.6 Å². The lowest BCUT2D eigenvalue weighted by atomic mass is 9.98. The minimum atomic E-state index is -1.12. The van der Waals surface area contributed by atoms with Crippen LogP contribution in [0.5, 0.6) is 0 Å². The molecule has 2 rings (SSSR count). The number of piperazine rings is 1. The van der Waals surface area contributed by atoms with Crippen molar-refractivity contribution in [1.29, 1.82) is 0 Å². The molecule has 1 aliphatic heterocycles. The highest BCUT2D eigenvalue weighted by Gasteiger charge is 2.44. The molecule has 1 saturated heterocycles. The van der Waals surface area contributed by atoms with Crippen molar-refractivity contribution in [2.24, 2.45) is 0 Å². The molecule has 96 valence electrons. The molecule has 3 amide bonds. The van der Waals surface area contributed by atoms with E-state index < -0.39 is 23.3 Å². The molecule has 1 aromatic heterocycles. The van der Waals surface area contributed by atoms with Gasteiger partial charge in [-0.2, -0.15) is 0 Å². The van der Waals surface area contributed by atoms with Gasteiger partial charge >= 0.3 is 0 Å². The van der Waals surface area contributed by atoms with Crippen molar-refractivity contribution >= 4 is 29.3 Å². The molecule has 2 heterocycles. The fourth-order valence-electron chi connectivity index (χ4n) is 1.67. The number of halogens is 1. The first kappa shape index (κ1) is 12.6. The Morgan fingerprint density at radius 2 is 2.11 bits per heavy atom. The molecular weight excluding hydrogens is 260 g/mol. The Kier molecular flexibility index (Phi) is 2.90. The van der Waals surface area contributed by atoms with Gasteiger partial charge in [-0.1, -0.05) is 0 Å². The number of imide groups is 1. The first-order chi connectivity index (χ1) is 8.32. The van der Waals surface area contributed by atoms with Gasteiger partial charge in [0.2, 0.25) is 5.91 Å². The largest absolute Gasteiger partial charge is 0.440 e. The average molecular weight is 271 g/mol. The summed E-state index contributed by atoms with van der Waals surface area (Å²) in [6, 6.07) is 2.82. The Bertz CT molecular complexity index is 535. The van der Waals surface area contributed by atoms with Crippen LogP contribution < -0.4 is 5.32 Å². The maximum absolute atomic E-state index is 12.2. The molecule has 0 unspecified atom stereocenters. The Hall–Kier alpha value is -1.82. The third-order valence-electron chi connectivity index (χ3n) is 2.81. The third-order valence-corrected chi connectivity index (χ3v) is 3.02. The molecule has 7 heteroatoms. The summed E-state index contributed by atoms with van der Waals surface area (Å²) in [6.45, 7) is 2.91. The van der Waals surface area contributed by atoms with Crippen LogP contribution in [0, 0.1) is 0 Å². The lowest BCUT2D eigenvalue weighted by Gasteiger charge is -2.39. The number of carbonyl (C=O) groups is 3. The van der Waals surface area contributed by atoms with Crippen LogP contribution in [0.4, 0.5) is 0 Å². The Morgan fingerprint density at radius 1 is 1.44 bits per heavy atom. The minimum Gasteiger partial charge on any atom is -0.440 e. The Balaban J connectivity index is 2.33. The van der Waals surface area contributed by atoms with E-state index in [2.05, 4.69) is 5.32 Å². The van der Waals surface area contributed by atoms with E-state index in [0.29, 0.717) is 0 Å². The Labute approximate surface area is 108 Å². The molecule has 0 aliphatic carbocycles. The standard InChI is InChI=1S/C11H11ClN2O4/c1-11(2)10(17)13-8(15)5-14(11)9(16)6-3-4-7(12)18-6/h3-4H,5H2,1-2H3,(H,13,15,17). The van der Waals surface area contributed by atoms with Crippen LogP contribution in [0.3, 0.4) is 0 Å². The highest BCUT2D eigenvalue weighted by molar-refractivity contribution is 6.29. The second-order valence-corrected chi connectivity index (χ2v) is 4.80. The van der Waals surface area contributed by atoms with Gasteiger partial charge in [0.15, 0.2) is 11.0 Å². The van der Waals surface area contributed by atoms with Gasteiger partial charge < -0.3 is 9.32 Å². The van der Waals surface area contributed by atoms with Crippen molar-refractivity contribution in [3.8, 4) is 0 Å². The molecule has 1 aromatic rings. The Morgan fingerprint density at radius 3 is 2.67 bits per heavy atom. The van der Waals surface area contributed by atoms with Crippen LogP contribution in [0.2, 0.25) is 5.22 Å². The number of hydrogen-bond donors (Lipinski definition) is 1. The molecule has 0 spiro atoms. The number of rotatable bonds is 1. The summed E-state index contributed by atoms with van der Waals surface area (Å²) in [6.07, 6.45) is 0. The molecule has 0 saturated carbocycles. The summed E-state index contributed by atoms with van der Waals surface area (Å²) in [5.74, 6) is -1.60. The molecule has 0 bridgehead atoms. The molecular formula is C11H11ClN2O4. The number of hydrogen-bond acceptors (Lipinski definition) is 4. The van der Waals surface area contributed by atoms with Gasteiger partial charge in [-0.3, -0.25) is 19.7 Å².